The third-order valence-corrected chi connectivity index (χ3v) is 4.27. The number of hydrogen-bond acceptors (Lipinski definition) is 9. The number of aromatic nitrogens is 2. The first kappa shape index (κ1) is 20.3. The van der Waals surface area contributed by atoms with E-state index in [1.807, 2.05) is 0 Å². The van der Waals surface area contributed by atoms with Crippen molar-refractivity contribution in [3.8, 4) is 28.7 Å². The molecule has 0 radical (unpaired) electrons. The van der Waals surface area contributed by atoms with Crippen molar-refractivity contribution in [1.29, 1.82) is 0 Å². The molecular formula is C20H18F2N4O5. The highest BCUT2D eigenvalue weighted by Gasteiger charge is 2.44. The molecule has 2 N–H and O–H groups in total. The van der Waals surface area contributed by atoms with Crippen LogP contribution in [0.5, 0.6) is 28.7 Å². The number of nitrogens with zero attached hydrogens (tertiary/aromatic N) is 2. The molecule has 31 heavy (non-hydrogen) atoms. The summed E-state index contributed by atoms with van der Waals surface area (Å²) in [4.78, 5) is 8.52. The van der Waals surface area contributed by atoms with Crippen LogP contribution in [0.2, 0.25) is 0 Å². The van der Waals surface area contributed by atoms with Gasteiger partial charge < -0.3 is 34.3 Å². The minimum absolute atomic E-state index is 0.0696. The van der Waals surface area contributed by atoms with Crippen molar-refractivity contribution in [2.75, 3.05) is 32.0 Å². The van der Waals surface area contributed by atoms with E-state index in [1.54, 1.807) is 30.3 Å². The average molecular weight is 432 g/mol. The van der Waals surface area contributed by atoms with Gasteiger partial charge in [0.1, 0.15) is 5.82 Å². The van der Waals surface area contributed by atoms with Crippen molar-refractivity contribution in [3.05, 3.63) is 42.6 Å². The summed E-state index contributed by atoms with van der Waals surface area (Å²) in [6.07, 6.45) is -2.21. The Bertz CT molecular complexity index is 1090. The molecule has 0 fully saturated rings. The first-order valence-electron chi connectivity index (χ1n) is 8.98. The van der Waals surface area contributed by atoms with Crippen LogP contribution in [0.15, 0.2) is 42.6 Å². The van der Waals surface area contributed by atoms with Crippen LogP contribution in [0.1, 0.15) is 0 Å². The van der Waals surface area contributed by atoms with E-state index in [0.717, 1.165) is 0 Å². The molecule has 0 unspecified atom stereocenters. The number of hydrogen-bond donors (Lipinski definition) is 2. The van der Waals surface area contributed by atoms with Crippen LogP contribution >= 0.6 is 0 Å². The molecule has 0 atom stereocenters. The summed E-state index contributed by atoms with van der Waals surface area (Å²) in [5.41, 5.74) is 0.857. The van der Waals surface area contributed by atoms with E-state index in [4.69, 9.17) is 14.2 Å². The van der Waals surface area contributed by atoms with Crippen LogP contribution < -0.4 is 34.3 Å². The van der Waals surface area contributed by atoms with E-state index in [2.05, 4.69) is 30.1 Å². The van der Waals surface area contributed by atoms with Crippen LogP contribution in [0.3, 0.4) is 0 Å². The molecule has 4 rings (SSSR count). The summed E-state index contributed by atoms with van der Waals surface area (Å²) in [7, 11) is 4.53. The molecule has 9 nitrogen and oxygen atoms in total. The van der Waals surface area contributed by atoms with Crippen LogP contribution in [0.4, 0.5) is 31.9 Å². The maximum atomic E-state index is 13.4. The van der Waals surface area contributed by atoms with Gasteiger partial charge in [0, 0.05) is 24.0 Å². The van der Waals surface area contributed by atoms with Gasteiger partial charge in [-0.25, -0.2) is 4.98 Å². The number of rotatable bonds is 7. The monoisotopic (exact) mass is 432 g/mol. The van der Waals surface area contributed by atoms with Crippen molar-refractivity contribution >= 4 is 23.1 Å². The lowest BCUT2D eigenvalue weighted by Crippen LogP contribution is -2.26. The number of para-hydroxylation sites is 1. The Hall–Kier alpha value is -4.02. The molecule has 0 saturated heterocycles. The van der Waals surface area contributed by atoms with Gasteiger partial charge in [-0.1, -0.05) is 6.07 Å². The van der Waals surface area contributed by atoms with Gasteiger partial charge in [-0.05, 0) is 18.2 Å². The number of anilines is 4. The number of methoxy groups -OCH3 is 3. The zero-order chi connectivity index (χ0) is 22.0. The fourth-order valence-electron chi connectivity index (χ4n) is 2.98. The normalized spacial score (nSPS) is 13.5. The molecule has 162 valence electrons. The highest BCUT2D eigenvalue weighted by atomic mass is 19.3. The highest BCUT2D eigenvalue weighted by molar-refractivity contribution is 5.70. The molecule has 11 heteroatoms. The van der Waals surface area contributed by atoms with Gasteiger partial charge in [0.2, 0.25) is 11.7 Å². The summed E-state index contributed by atoms with van der Waals surface area (Å²) in [6, 6.07) is 9.48. The van der Waals surface area contributed by atoms with Crippen LogP contribution in [-0.2, 0) is 0 Å². The van der Waals surface area contributed by atoms with Crippen molar-refractivity contribution in [2.45, 2.75) is 6.29 Å². The molecule has 1 aliphatic heterocycles. The number of alkyl halides is 2. The fourth-order valence-corrected chi connectivity index (χ4v) is 2.98. The standard InChI is InChI=1S/C20H18F2N4O5/c1-27-14-9-11(10-15(28-2)18(14)29-3)24-19-23-8-7-16(26-19)25-12-5-4-6-13-17(12)31-20(21,22)30-13/h4-10H,1-3H3,(H2,23,24,25,26). The third kappa shape index (κ3) is 4.15. The Morgan fingerprint density at radius 1 is 0.935 bits per heavy atom. The summed E-state index contributed by atoms with van der Waals surface area (Å²) in [5.74, 6) is 1.77. The van der Waals surface area contributed by atoms with Crippen LogP contribution in [-0.4, -0.2) is 37.6 Å². The lowest BCUT2D eigenvalue weighted by molar-refractivity contribution is -0.286. The molecule has 3 aromatic rings. The number of halogens is 2. The largest absolute Gasteiger partial charge is 0.586 e. The minimum atomic E-state index is -3.72. The molecular weight excluding hydrogens is 414 g/mol. The zero-order valence-electron chi connectivity index (χ0n) is 16.7. The third-order valence-electron chi connectivity index (χ3n) is 4.27. The molecule has 0 aliphatic carbocycles. The Balaban J connectivity index is 1.58. The predicted octanol–water partition coefficient (Wildman–Crippen LogP) is 4.31. The second-order valence-electron chi connectivity index (χ2n) is 6.23. The Kier molecular flexibility index (Phi) is 5.24. The molecule has 2 aromatic carbocycles. The van der Waals surface area contributed by atoms with Gasteiger partial charge in [-0.2, -0.15) is 4.98 Å². The van der Waals surface area contributed by atoms with Gasteiger partial charge >= 0.3 is 6.29 Å². The molecule has 1 aliphatic rings. The molecule has 0 bridgehead atoms. The van der Waals surface area contributed by atoms with Crippen molar-refractivity contribution in [2.24, 2.45) is 0 Å². The Morgan fingerprint density at radius 2 is 1.68 bits per heavy atom. The van der Waals surface area contributed by atoms with Crippen molar-refractivity contribution < 1.29 is 32.5 Å². The number of ether oxygens (including phenoxy) is 5. The summed E-state index contributed by atoms with van der Waals surface area (Å²) in [5, 5.41) is 5.98. The van der Waals surface area contributed by atoms with Gasteiger partial charge in [0.25, 0.3) is 0 Å². The van der Waals surface area contributed by atoms with E-state index >= 15 is 0 Å². The maximum Gasteiger partial charge on any atom is 0.586 e. The van der Waals surface area contributed by atoms with Crippen LogP contribution in [0, 0.1) is 0 Å². The number of benzene rings is 2. The SMILES string of the molecule is COc1cc(Nc2nccc(Nc3cccc4c3OC(F)(F)O4)n2)cc(OC)c1OC. The topological polar surface area (TPSA) is 96.0 Å². The molecule has 2 heterocycles. The first-order valence-corrected chi connectivity index (χ1v) is 8.98. The summed E-state index contributed by atoms with van der Waals surface area (Å²) in [6.45, 7) is 0. The number of fused-ring (bicyclic) bond motifs is 1. The van der Waals surface area contributed by atoms with Gasteiger partial charge in [-0.15, -0.1) is 8.78 Å². The van der Waals surface area contributed by atoms with E-state index in [0.29, 0.717) is 28.8 Å². The van der Waals surface area contributed by atoms with Crippen molar-refractivity contribution in [1.82, 2.24) is 9.97 Å². The molecule has 0 amide bonds. The predicted molar refractivity (Wildman–Crippen MR) is 107 cm³/mol. The Morgan fingerprint density at radius 3 is 2.35 bits per heavy atom. The van der Waals surface area contributed by atoms with E-state index in [9.17, 15) is 8.78 Å². The minimum Gasteiger partial charge on any atom is -0.493 e. The maximum absolute atomic E-state index is 13.4. The molecule has 1 aromatic heterocycles. The highest BCUT2D eigenvalue weighted by Crippen LogP contribution is 2.46. The molecule has 0 saturated carbocycles. The fraction of sp³-hybridized carbons (Fsp3) is 0.200. The van der Waals surface area contributed by atoms with E-state index in [-0.39, 0.29) is 23.1 Å². The molecule has 0 spiro atoms. The average Bonchev–Trinajstić information content (AvgIpc) is 3.08. The second-order valence-corrected chi connectivity index (χ2v) is 6.23. The second kappa shape index (κ2) is 8.01. The van der Waals surface area contributed by atoms with E-state index in [1.165, 1.54) is 33.6 Å². The van der Waals surface area contributed by atoms with Gasteiger partial charge in [0.15, 0.2) is 23.0 Å². The van der Waals surface area contributed by atoms with Crippen molar-refractivity contribution in [3.63, 3.8) is 0 Å². The Labute approximate surface area is 175 Å². The summed E-state index contributed by atoms with van der Waals surface area (Å²) >= 11 is 0. The van der Waals surface area contributed by atoms with E-state index < -0.39 is 6.29 Å². The van der Waals surface area contributed by atoms with Gasteiger partial charge in [0.05, 0.1) is 27.0 Å². The lowest BCUT2D eigenvalue weighted by Gasteiger charge is -2.15. The lowest BCUT2D eigenvalue weighted by atomic mass is 10.2. The zero-order valence-corrected chi connectivity index (χ0v) is 16.7. The summed E-state index contributed by atoms with van der Waals surface area (Å²) < 4.78 is 51.8. The number of nitrogens with one attached hydrogen (secondary N) is 2. The van der Waals surface area contributed by atoms with Crippen LogP contribution in [0.25, 0.3) is 0 Å². The first-order chi connectivity index (χ1) is 14.9. The van der Waals surface area contributed by atoms with Gasteiger partial charge in [-0.3, -0.25) is 0 Å². The smallest absolute Gasteiger partial charge is 0.493 e. The quantitative estimate of drug-likeness (QED) is 0.566.